The zero-order valence-electron chi connectivity index (χ0n) is 27.8. The second-order valence-corrected chi connectivity index (χ2v) is 11.7. The highest BCUT2D eigenvalue weighted by molar-refractivity contribution is 5.91. The van der Waals surface area contributed by atoms with E-state index in [9.17, 15) is 9.59 Å². The van der Waals surface area contributed by atoms with Crippen molar-refractivity contribution >= 4 is 11.9 Å². The first-order valence-electron chi connectivity index (χ1n) is 16.9. The van der Waals surface area contributed by atoms with Crippen LogP contribution < -0.4 is 14.2 Å². The summed E-state index contributed by atoms with van der Waals surface area (Å²) in [5, 5.41) is 0. The molecule has 3 aromatic rings. The summed E-state index contributed by atoms with van der Waals surface area (Å²) in [7, 11) is 0. The van der Waals surface area contributed by atoms with E-state index in [1.807, 2.05) is 43.3 Å². The van der Waals surface area contributed by atoms with Gasteiger partial charge < -0.3 is 18.9 Å². The second-order valence-electron chi connectivity index (χ2n) is 11.7. The lowest BCUT2D eigenvalue weighted by atomic mass is 10.1. The second kappa shape index (κ2) is 20.4. The lowest BCUT2D eigenvalue weighted by Crippen LogP contribution is -2.26. The summed E-state index contributed by atoms with van der Waals surface area (Å²) in [5.41, 5.74) is 3.30. The molecule has 0 spiro atoms. The Hall–Kier alpha value is -3.64. The minimum Gasteiger partial charge on any atom is -0.493 e. The van der Waals surface area contributed by atoms with Crippen LogP contribution in [0, 0.1) is 6.92 Å². The van der Waals surface area contributed by atoms with Gasteiger partial charge in [0.15, 0.2) is 6.10 Å². The van der Waals surface area contributed by atoms with Crippen molar-refractivity contribution in [3.8, 4) is 28.4 Å². The molecule has 244 valence electrons. The largest absolute Gasteiger partial charge is 0.493 e. The summed E-state index contributed by atoms with van der Waals surface area (Å²) in [5.74, 6) is 0.924. The molecule has 3 aromatic carbocycles. The Labute approximate surface area is 270 Å². The Morgan fingerprint density at radius 1 is 0.622 bits per heavy atom. The zero-order chi connectivity index (χ0) is 32.3. The van der Waals surface area contributed by atoms with E-state index in [1.165, 1.54) is 51.4 Å². The fraction of sp³-hybridized carbons (Fsp3) is 0.487. The molecule has 3 rings (SSSR count). The van der Waals surface area contributed by atoms with E-state index >= 15 is 0 Å². The minimum atomic E-state index is -0.610. The summed E-state index contributed by atoms with van der Waals surface area (Å²) in [6.45, 7) is 9.32. The quantitative estimate of drug-likeness (QED) is 0.0674. The average Bonchev–Trinajstić information content (AvgIpc) is 3.05. The van der Waals surface area contributed by atoms with E-state index in [-0.39, 0.29) is 0 Å². The van der Waals surface area contributed by atoms with Gasteiger partial charge in [-0.2, -0.15) is 0 Å². The van der Waals surface area contributed by atoms with Crippen molar-refractivity contribution in [1.29, 1.82) is 0 Å². The number of unbranched alkanes of at least 4 members (excludes halogenated alkanes) is 10. The van der Waals surface area contributed by atoms with Crippen molar-refractivity contribution in [2.24, 2.45) is 0 Å². The van der Waals surface area contributed by atoms with Crippen molar-refractivity contribution in [1.82, 2.24) is 0 Å². The maximum atomic E-state index is 12.8. The number of ether oxygens (including phenoxy) is 4. The monoisotopic (exact) mass is 616 g/mol. The third-order valence-corrected chi connectivity index (χ3v) is 7.83. The van der Waals surface area contributed by atoms with Crippen molar-refractivity contribution < 1.29 is 28.5 Å². The van der Waals surface area contributed by atoms with Crippen LogP contribution in [-0.2, 0) is 9.53 Å². The van der Waals surface area contributed by atoms with E-state index in [1.54, 1.807) is 37.3 Å². The smallest absolute Gasteiger partial charge is 0.343 e. The number of carbonyl (C=O) groups excluding carboxylic acids is 2. The summed E-state index contributed by atoms with van der Waals surface area (Å²) >= 11 is 0. The van der Waals surface area contributed by atoms with Crippen molar-refractivity contribution in [2.45, 2.75) is 111 Å². The number of benzene rings is 3. The van der Waals surface area contributed by atoms with E-state index in [0.29, 0.717) is 30.3 Å². The average molecular weight is 617 g/mol. The topological polar surface area (TPSA) is 71.1 Å². The minimum absolute atomic E-state index is 0.402. The van der Waals surface area contributed by atoms with E-state index in [0.717, 1.165) is 48.1 Å². The number of aryl methyl sites for hydroxylation is 1. The molecule has 0 saturated carbocycles. The molecule has 0 radical (unpaired) electrons. The molecule has 45 heavy (non-hydrogen) atoms. The maximum absolute atomic E-state index is 12.8. The number of hydrogen-bond acceptors (Lipinski definition) is 6. The van der Waals surface area contributed by atoms with Crippen molar-refractivity contribution in [3.63, 3.8) is 0 Å². The molecule has 0 fully saturated rings. The van der Waals surface area contributed by atoms with Gasteiger partial charge in [0.25, 0.3) is 0 Å². The fourth-order valence-corrected chi connectivity index (χ4v) is 5.01. The van der Waals surface area contributed by atoms with Crippen LogP contribution >= 0.6 is 0 Å². The van der Waals surface area contributed by atoms with Crippen LogP contribution in [0.2, 0.25) is 0 Å². The zero-order valence-corrected chi connectivity index (χ0v) is 27.8. The van der Waals surface area contributed by atoms with E-state index in [2.05, 4.69) is 13.8 Å². The molecule has 0 N–H and O–H groups in total. The molecule has 0 aromatic heterocycles. The van der Waals surface area contributed by atoms with Gasteiger partial charge in [0, 0.05) is 6.61 Å². The number of esters is 2. The molecule has 0 unspecified atom stereocenters. The molecule has 0 bridgehead atoms. The van der Waals surface area contributed by atoms with Crippen LogP contribution in [0.5, 0.6) is 17.2 Å². The molecule has 6 heteroatoms. The first-order valence-corrected chi connectivity index (χ1v) is 16.9. The van der Waals surface area contributed by atoms with Gasteiger partial charge >= 0.3 is 11.9 Å². The van der Waals surface area contributed by atoms with E-state index in [4.69, 9.17) is 18.9 Å². The SMILES string of the molecule is CCCCCCCCCCOc1ccc(C(=O)Oc2ccc(-c3ccc(OC(=O)[C@H](C)OCCCCCC)cc3)cc2)cc1C. The van der Waals surface area contributed by atoms with Gasteiger partial charge in [-0.25, -0.2) is 9.59 Å². The Balaban J connectivity index is 1.42. The fourth-order valence-electron chi connectivity index (χ4n) is 5.01. The molecule has 0 heterocycles. The van der Waals surface area contributed by atoms with Gasteiger partial charge in [0.05, 0.1) is 12.2 Å². The molecular weight excluding hydrogens is 564 g/mol. The number of hydrogen-bond donors (Lipinski definition) is 0. The Kier molecular flexibility index (Phi) is 16.2. The third kappa shape index (κ3) is 13.1. The van der Waals surface area contributed by atoms with Crippen LogP contribution in [0.25, 0.3) is 11.1 Å². The summed E-state index contributed by atoms with van der Waals surface area (Å²) in [4.78, 5) is 25.2. The highest BCUT2D eigenvalue weighted by atomic mass is 16.6. The third-order valence-electron chi connectivity index (χ3n) is 7.83. The lowest BCUT2D eigenvalue weighted by Gasteiger charge is -2.13. The van der Waals surface area contributed by atoms with Crippen LogP contribution in [0.3, 0.4) is 0 Å². The molecule has 0 aliphatic heterocycles. The summed E-state index contributed by atoms with van der Waals surface area (Å²) in [6.07, 6.45) is 13.9. The summed E-state index contributed by atoms with van der Waals surface area (Å²) in [6, 6.07) is 20.1. The molecule has 0 aliphatic rings. The highest BCUT2D eigenvalue weighted by Crippen LogP contribution is 2.26. The maximum Gasteiger partial charge on any atom is 0.343 e. The summed E-state index contributed by atoms with van der Waals surface area (Å²) < 4.78 is 22.7. The van der Waals surface area contributed by atoms with Gasteiger partial charge in [-0.15, -0.1) is 0 Å². The number of carbonyl (C=O) groups is 2. The molecule has 0 aliphatic carbocycles. The van der Waals surface area contributed by atoms with Gasteiger partial charge in [0.2, 0.25) is 0 Å². The molecule has 0 amide bonds. The Morgan fingerprint density at radius 2 is 1.13 bits per heavy atom. The molecule has 6 nitrogen and oxygen atoms in total. The highest BCUT2D eigenvalue weighted by Gasteiger charge is 2.16. The van der Waals surface area contributed by atoms with E-state index < -0.39 is 18.0 Å². The Morgan fingerprint density at radius 3 is 1.71 bits per heavy atom. The molecular formula is C39H52O6. The van der Waals surface area contributed by atoms with Crippen LogP contribution in [0.1, 0.15) is 114 Å². The van der Waals surface area contributed by atoms with Crippen molar-refractivity contribution in [3.05, 3.63) is 77.9 Å². The standard InChI is InChI=1S/C39H52O6/c1-5-7-9-11-12-13-14-16-28-43-37-26-21-34(29-30(37)3)39(41)45-36-24-19-33(20-25-36)32-17-22-35(23-18-32)44-38(40)31(4)42-27-15-10-8-6-2/h17-26,29,31H,5-16,27-28H2,1-4H3/t31-/m0/s1. The van der Waals surface area contributed by atoms with Crippen LogP contribution in [0.15, 0.2) is 66.7 Å². The van der Waals surface area contributed by atoms with Gasteiger partial charge in [-0.05, 0) is 85.8 Å². The van der Waals surface area contributed by atoms with Crippen molar-refractivity contribution in [2.75, 3.05) is 13.2 Å². The van der Waals surface area contributed by atoms with Gasteiger partial charge in [0.1, 0.15) is 17.2 Å². The van der Waals surface area contributed by atoms with Crippen LogP contribution in [0.4, 0.5) is 0 Å². The molecule has 1 atom stereocenters. The Bertz CT molecular complexity index is 1280. The van der Waals surface area contributed by atoms with Gasteiger partial charge in [-0.1, -0.05) is 102 Å². The first-order chi connectivity index (χ1) is 21.9. The molecule has 0 saturated heterocycles. The normalized spacial score (nSPS) is 11.6. The first kappa shape index (κ1) is 35.8. The predicted molar refractivity (Wildman–Crippen MR) is 181 cm³/mol. The lowest BCUT2D eigenvalue weighted by molar-refractivity contribution is -0.146. The van der Waals surface area contributed by atoms with Gasteiger partial charge in [-0.3, -0.25) is 0 Å². The number of rotatable bonds is 21. The van der Waals surface area contributed by atoms with Crippen LogP contribution in [-0.4, -0.2) is 31.3 Å². The predicted octanol–water partition coefficient (Wildman–Crippen LogP) is 10.3.